The van der Waals surface area contributed by atoms with Gasteiger partial charge in [-0.3, -0.25) is 24.6 Å². The zero-order valence-electron chi connectivity index (χ0n) is 17.4. The van der Waals surface area contributed by atoms with Gasteiger partial charge in [0.1, 0.15) is 5.58 Å². The molecule has 1 amide bonds. The number of anilines is 1. The number of non-ortho nitro benzene ring substituents is 1. The van der Waals surface area contributed by atoms with Crippen LogP contribution in [0.15, 0.2) is 80.4 Å². The molecule has 7 nitrogen and oxygen atoms in total. The van der Waals surface area contributed by atoms with Crippen LogP contribution < -0.4 is 10.3 Å². The average Bonchev–Trinajstić information content (AvgIpc) is 3.12. The summed E-state index contributed by atoms with van der Waals surface area (Å²) in [6, 6.07) is 17.7. The maximum atomic E-state index is 13.6. The van der Waals surface area contributed by atoms with Crippen LogP contribution in [0.3, 0.4) is 0 Å². The van der Waals surface area contributed by atoms with Crippen molar-refractivity contribution in [2.45, 2.75) is 19.4 Å². The highest BCUT2D eigenvalue weighted by atomic mass is 79.9. The fraction of sp³-hybridized carbons (Fsp3) is 0.120. The topological polar surface area (TPSA) is 93.7 Å². The third-order valence-corrected chi connectivity index (χ3v) is 6.37. The summed E-state index contributed by atoms with van der Waals surface area (Å²) in [5.41, 5.74) is 2.46. The second-order valence-electron chi connectivity index (χ2n) is 7.76. The molecule has 0 saturated heterocycles. The average molecular weight is 505 g/mol. The predicted octanol–water partition coefficient (Wildman–Crippen LogP) is 5.78. The summed E-state index contributed by atoms with van der Waals surface area (Å²) >= 11 is 3.38. The molecule has 0 fully saturated rings. The van der Waals surface area contributed by atoms with Gasteiger partial charge in [-0.05, 0) is 60.0 Å². The first-order chi connectivity index (χ1) is 15.9. The highest BCUT2D eigenvalue weighted by Gasteiger charge is 2.43. The summed E-state index contributed by atoms with van der Waals surface area (Å²) in [5, 5.41) is 11.5. The van der Waals surface area contributed by atoms with Crippen molar-refractivity contribution in [2.75, 3.05) is 4.90 Å². The van der Waals surface area contributed by atoms with E-state index in [9.17, 15) is 19.7 Å². The number of fused-ring (bicyclic) bond motifs is 2. The van der Waals surface area contributed by atoms with Gasteiger partial charge < -0.3 is 4.42 Å². The van der Waals surface area contributed by atoms with Gasteiger partial charge in [0, 0.05) is 22.3 Å². The van der Waals surface area contributed by atoms with E-state index in [-0.39, 0.29) is 22.4 Å². The molecule has 0 spiro atoms. The maximum Gasteiger partial charge on any atom is 0.295 e. The van der Waals surface area contributed by atoms with Crippen LogP contribution in [0.2, 0.25) is 0 Å². The van der Waals surface area contributed by atoms with Crippen LogP contribution >= 0.6 is 15.9 Å². The first kappa shape index (κ1) is 21.1. The van der Waals surface area contributed by atoms with Crippen LogP contribution in [0.25, 0.3) is 11.0 Å². The van der Waals surface area contributed by atoms with E-state index in [0.717, 1.165) is 12.0 Å². The smallest absolute Gasteiger partial charge is 0.295 e. The molecule has 1 atom stereocenters. The Balaban J connectivity index is 1.76. The number of hydrogen-bond acceptors (Lipinski definition) is 5. The first-order valence-electron chi connectivity index (χ1n) is 10.3. The van der Waals surface area contributed by atoms with Gasteiger partial charge in [0.2, 0.25) is 5.76 Å². The molecular formula is C25H17BrN2O5. The van der Waals surface area contributed by atoms with Crippen LogP contribution in [0.4, 0.5) is 11.4 Å². The van der Waals surface area contributed by atoms with E-state index < -0.39 is 16.9 Å². The fourth-order valence-electron chi connectivity index (χ4n) is 4.20. The molecule has 1 aliphatic heterocycles. The Morgan fingerprint density at radius 2 is 1.73 bits per heavy atom. The Kier molecular flexibility index (Phi) is 5.09. The van der Waals surface area contributed by atoms with Crippen molar-refractivity contribution < 1.29 is 14.1 Å². The zero-order chi connectivity index (χ0) is 23.3. The number of nitrogens with zero attached hydrogens (tertiary/aromatic N) is 2. The SMILES string of the molecule is CCc1ccc(N2C(=O)c3oc4ccc(Br)cc4c(=O)c3C2c2ccc([N+](=O)[O-])cc2)cc1. The largest absolute Gasteiger partial charge is 0.450 e. The standard InChI is InChI=1S/C25H17BrN2O5/c1-2-14-3-8-17(9-4-14)27-22(15-5-10-18(11-6-15)28(31)32)21-23(29)19-13-16(26)7-12-20(19)33-24(21)25(27)30/h3-13,22H,2H2,1H3. The second-order valence-corrected chi connectivity index (χ2v) is 8.68. The second kappa shape index (κ2) is 7.97. The van der Waals surface area contributed by atoms with Gasteiger partial charge in [0.25, 0.3) is 11.6 Å². The number of rotatable bonds is 4. The number of carbonyl (C=O) groups is 1. The summed E-state index contributed by atoms with van der Waals surface area (Å²) in [6.45, 7) is 2.04. The van der Waals surface area contributed by atoms with E-state index in [2.05, 4.69) is 15.9 Å². The number of amides is 1. The minimum Gasteiger partial charge on any atom is -0.450 e. The highest BCUT2D eigenvalue weighted by Crippen LogP contribution is 2.41. The van der Waals surface area contributed by atoms with Gasteiger partial charge >= 0.3 is 0 Å². The van der Waals surface area contributed by atoms with Crippen LogP contribution in [-0.2, 0) is 6.42 Å². The van der Waals surface area contributed by atoms with E-state index >= 15 is 0 Å². The van der Waals surface area contributed by atoms with Crippen LogP contribution in [0, 0.1) is 10.1 Å². The molecular weight excluding hydrogens is 488 g/mol. The van der Waals surface area contributed by atoms with E-state index in [0.29, 0.717) is 26.7 Å². The van der Waals surface area contributed by atoms with Crippen molar-refractivity contribution >= 4 is 44.2 Å². The predicted molar refractivity (Wildman–Crippen MR) is 128 cm³/mol. The van der Waals surface area contributed by atoms with Crippen molar-refractivity contribution in [1.29, 1.82) is 0 Å². The van der Waals surface area contributed by atoms with Gasteiger partial charge in [-0.25, -0.2) is 0 Å². The van der Waals surface area contributed by atoms with Gasteiger partial charge in [0.05, 0.1) is 21.9 Å². The quantitative estimate of drug-likeness (QED) is 0.259. The van der Waals surface area contributed by atoms with Crippen molar-refractivity contribution in [3.8, 4) is 0 Å². The number of carbonyl (C=O) groups excluding carboxylic acids is 1. The Morgan fingerprint density at radius 1 is 1.03 bits per heavy atom. The number of halogens is 1. The molecule has 1 aromatic heterocycles. The van der Waals surface area contributed by atoms with Gasteiger partial charge in [-0.15, -0.1) is 0 Å². The van der Waals surface area contributed by atoms with Gasteiger partial charge in [-0.1, -0.05) is 35.0 Å². The fourth-order valence-corrected chi connectivity index (χ4v) is 4.56. The first-order valence-corrected chi connectivity index (χ1v) is 11.1. The van der Waals surface area contributed by atoms with Crippen LogP contribution in [0.5, 0.6) is 0 Å². The van der Waals surface area contributed by atoms with Crippen LogP contribution in [0.1, 0.15) is 40.2 Å². The van der Waals surface area contributed by atoms with E-state index in [1.165, 1.54) is 17.0 Å². The number of nitro benzene ring substituents is 1. The third kappa shape index (κ3) is 3.43. The third-order valence-electron chi connectivity index (χ3n) is 5.87. The molecule has 2 heterocycles. The van der Waals surface area contributed by atoms with Crippen molar-refractivity contribution in [3.05, 3.63) is 114 Å². The molecule has 0 saturated carbocycles. The van der Waals surface area contributed by atoms with Crippen LogP contribution in [-0.4, -0.2) is 10.8 Å². The number of nitro groups is 1. The molecule has 3 aromatic carbocycles. The Hall–Kier alpha value is -3.78. The van der Waals surface area contributed by atoms with E-state index in [1.807, 2.05) is 31.2 Å². The molecule has 1 aliphatic rings. The lowest BCUT2D eigenvalue weighted by atomic mass is 9.98. The Labute approximate surface area is 196 Å². The summed E-state index contributed by atoms with van der Waals surface area (Å²) in [6.07, 6.45) is 0.848. The molecule has 164 valence electrons. The van der Waals surface area contributed by atoms with Crippen molar-refractivity contribution in [3.63, 3.8) is 0 Å². The van der Waals surface area contributed by atoms with Crippen molar-refractivity contribution in [1.82, 2.24) is 0 Å². The van der Waals surface area contributed by atoms with Gasteiger partial charge in [0.15, 0.2) is 5.43 Å². The van der Waals surface area contributed by atoms with Crippen molar-refractivity contribution in [2.24, 2.45) is 0 Å². The molecule has 4 aromatic rings. The molecule has 0 bridgehead atoms. The van der Waals surface area contributed by atoms with E-state index in [1.54, 1.807) is 30.3 Å². The molecule has 8 heteroatoms. The molecule has 5 rings (SSSR count). The summed E-state index contributed by atoms with van der Waals surface area (Å²) in [5.74, 6) is -0.447. The monoisotopic (exact) mass is 504 g/mol. The minimum atomic E-state index is -0.777. The normalized spacial score (nSPS) is 15.2. The number of hydrogen-bond donors (Lipinski definition) is 0. The summed E-state index contributed by atoms with van der Waals surface area (Å²) in [4.78, 5) is 39.3. The molecule has 0 radical (unpaired) electrons. The molecule has 0 aliphatic carbocycles. The number of benzene rings is 3. The lowest BCUT2D eigenvalue weighted by molar-refractivity contribution is -0.384. The molecule has 1 unspecified atom stereocenters. The summed E-state index contributed by atoms with van der Waals surface area (Å²) in [7, 11) is 0. The number of aryl methyl sites for hydroxylation is 1. The van der Waals surface area contributed by atoms with Gasteiger partial charge in [-0.2, -0.15) is 0 Å². The zero-order valence-corrected chi connectivity index (χ0v) is 19.0. The Morgan fingerprint density at radius 3 is 2.36 bits per heavy atom. The highest BCUT2D eigenvalue weighted by molar-refractivity contribution is 9.10. The van der Waals surface area contributed by atoms with E-state index in [4.69, 9.17) is 4.42 Å². The summed E-state index contributed by atoms with van der Waals surface area (Å²) < 4.78 is 6.66. The molecule has 33 heavy (non-hydrogen) atoms. The lowest BCUT2D eigenvalue weighted by Crippen LogP contribution is -2.29. The molecule has 0 N–H and O–H groups in total. The Bertz CT molecular complexity index is 1480. The maximum absolute atomic E-state index is 13.6. The minimum absolute atomic E-state index is 0.0160. The lowest BCUT2D eigenvalue weighted by Gasteiger charge is -2.25.